The number of hydrogen-bond donors (Lipinski definition) is 1. The van der Waals surface area contributed by atoms with E-state index in [9.17, 15) is 14.7 Å². The molecule has 0 spiro atoms. The lowest BCUT2D eigenvalue weighted by molar-refractivity contribution is -0.197. The quantitative estimate of drug-likeness (QED) is 0.376. The summed E-state index contributed by atoms with van der Waals surface area (Å²) in [4.78, 5) is 29.6. The summed E-state index contributed by atoms with van der Waals surface area (Å²) in [5, 5.41) is 9.69. The Labute approximate surface area is 164 Å². The SMILES string of the molecule is C#CC1CC(O)OC1COC(Cc1ccncc1)(C(=O)OCC)C(=O)OCC. The molecule has 1 aromatic heterocycles. The summed E-state index contributed by atoms with van der Waals surface area (Å²) in [7, 11) is 0. The number of carbonyl (C=O) groups is 2. The van der Waals surface area contributed by atoms with Crippen molar-refractivity contribution in [2.45, 2.75) is 44.7 Å². The van der Waals surface area contributed by atoms with Crippen LogP contribution in [0, 0.1) is 18.3 Å². The van der Waals surface area contributed by atoms with E-state index in [1.54, 1.807) is 38.4 Å². The van der Waals surface area contributed by atoms with Gasteiger partial charge in [-0.1, -0.05) is 0 Å². The number of nitrogens with zero attached hydrogens (tertiary/aromatic N) is 1. The Bertz CT molecular complexity index is 682. The Hall–Kier alpha value is -2.47. The zero-order valence-electron chi connectivity index (χ0n) is 16.0. The van der Waals surface area contributed by atoms with E-state index in [4.69, 9.17) is 25.4 Å². The standard InChI is InChI=1S/C20H25NO7/c1-4-15-11-17(22)28-16(15)13-27-20(18(23)25-5-2,19(24)26-6-3)12-14-7-9-21-10-8-14/h1,7-10,15-17,22H,5-6,11-13H2,2-3H3. The van der Waals surface area contributed by atoms with Gasteiger partial charge in [0.1, 0.15) is 0 Å². The average Bonchev–Trinajstić information content (AvgIpc) is 3.06. The fraction of sp³-hybridized carbons (Fsp3) is 0.550. The number of hydrogen-bond acceptors (Lipinski definition) is 8. The lowest BCUT2D eigenvalue weighted by atomic mass is 9.94. The highest BCUT2D eigenvalue weighted by molar-refractivity contribution is 6.04. The Morgan fingerprint density at radius 1 is 1.29 bits per heavy atom. The van der Waals surface area contributed by atoms with Crippen molar-refractivity contribution in [1.82, 2.24) is 4.98 Å². The van der Waals surface area contributed by atoms with Gasteiger partial charge >= 0.3 is 11.9 Å². The molecule has 0 bridgehead atoms. The topological polar surface area (TPSA) is 104 Å². The molecule has 1 N–H and O–H groups in total. The van der Waals surface area contributed by atoms with Gasteiger partial charge in [-0.25, -0.2) is 9.59 Å². The maximum Gasteiger partial charge on any atom is 0.350 e. The van der Waals surface area contributed by atoms with Crippen LogP contribution in [0.2, 0.25) is 0 Å². The number of aliphatic hydroxyl groups is 1. The number of pyridine rings is 1. The summed E-state index contributed by atoms with van der Waals surface area (Å²) in [6.45, 7) is 3.20. The minimum atomic E-state index is -2.02. The second-order valence-electron chi connectivity index (χ2n) is 6.25. The molecule has 3 atom stereocenters. The van der Waals surface area contributed by atoms with Gasteiger partial charge < -0.3 is 24.1 Å². The van der Waals surface area contributed by atoms with Crippen molar-refractivity contribution in [1.29, 1.82) is 0 Å². The molecule has 1 aliphatic rings. The Morgan fingerprint density at radius 2 is 1.89 bits per heavy atom. The van der Waals surface area contributed by atoms with E-state index in [1.807, 2.05) is 0 Å². The van der Waals surface area contributed by atoms with Crippen molar-refractivity contribution < 1.29 is 33.6 Å². The number of aliphatic hydroxyl groups excluding tert-OH is 1. The van der Waals surface area contributed by atoms with Crippen LogP contribution in [0.1, 0.15) is 25.8 Å². The molecule has 1 aliphatic heterocycles. The van der Waals surface area contributed by atoms with Gasteiger partial charge in [0.2, 0.25) is 0 Å². The molecular formula is C20H25NO7. The lowest BCUT2D eigenvalue weighted by Gasteiger charge is -2.30. The van der Waals surface area contributed by atoms with Crippen molar-refractivity contribution >= 4 is 11.9 Å². The first-order valence-electron chi connectivity index (χ1n) is 9.13. The van der Waals surface area contributed by atoms with Gasteiger partial charge in [-0.3, -0.25) is 4.98 Å². The van der Waals surface area contributed by atoms with Gasteiger partial charge in [0, 0.05) is 25.2 Å². The van der Waals surface area contributed by atoms with Crippen LogP contribution in [0.25, 0.3) is 0 Å². The van der Waals surface area contributed by atoms with Crippen molar-refractivity contribution in [2.24, 2.45) is 5.92 Å². The second-order valence-corrected chi connectivity index (χ2v) is 6.25. The minimum Gasteiger partial charge on any atom is -0.463 e. The van der Waals surface area contributed by atoms with Crippen molar-refractivity contribution in [2.75, 3.05) is 19.8 Å². The molecular weight excluding hydrogens is 366 g/mol. The van der Waals surface area contributed by atoms with Crippen molar-refractivity contribution in [3.05, 3.63) is 30.1 Å². The average molecular weight is 391 g/mol. The van der Waals surface area contributed by atoms with Crippen LogP contribution in [0.15, 0.2) is 24.5 Å². The number of esters is 2. The normalized spacial score (nSPS) is 21.7. The summed E-state index contributed by atoms with van der Waals surface area (Å²) < 4.78 is 21.4. The van der Waals surface area contributed by atoms with Gasteiger partial charge in [-0.15, -0.1) is 12.3 Å². The van der Waals surface area contributed by atoms with Crippen LogP contribution in [-0.4, -0.2) is 59.8 Å². The van der Waals surface area contributed by atoms with Crippen LogP contribution in [0.4, 0.5) is 0 Å². The van der Waals surface area contributed by atoms with Gasteiger partial charge in [0.25, 0.3) is 5.60 Å². The maximum atomic E-state index is 12.8. The third-order valence-electron chi connectivity index (χ3n) is 4.36. The third-order valence-corrected chi connectivity index (χ3v) is 4.36. The fourth-order valence-electron chi connectivity index (χ4n) is 2.96. The molecule has 28 heavy (non-hydrogen) atoms. The summed E-state index contributed by atoms with van der Waals surface area (Å²) in [5.74, 6) is 0.409. The first-order valence-corrected chi connectivity index (χ1v) is 9.13. The van der Waals surface area contributed by atoms with Crippen molar-refractivity contribution in [3.63, 3.8) is 0 Å². The van der Waals surface area contributed by atoms with E-state index < -0.39 is 35.9 Å². The van der Waals surface area contributed by atoms with E-state index in [-0.39, 0.29) is 32.7 Å². The molecule has 3 unspecified atom stereocenters. The second kappa shape index (κ2) is 10.2. The van der Waals surface area contributed by atoms with Crippen molar-refractivity contribution in [3.8, 4) is 12.3 Å². The Balaban J connectivity index is 2.32. The zero-order chi connectivity index (χ0) is 20.6. The first kappa shape index (κ1) is 21.8. The molecule has 1 fully saturated rings. The van der Waals surface area contributed by atoms with Crippen LogP contribution in [0.5, 0.6) is 0 Å². The maximum absolute atomic E-state index is 12.8. The zero-order valence-corrected chi connectivity index (χ0v) is 16.0. The molecule has 1 saturated heterocycles. The van der Waals surface area contributed by atoms with Gasteiger partial charge in [-0.05, 0) is 31.5 Å². The summed E-state index contributed by atoms with van der Waals surface area (Å²) >= 11 is 0. The van der Waals surface area contributed by atoms with E-state index in [0.717, 1.165) is 0 Å². The number of terminal acetylenes is 1. The highest BCUT2D eigenvalue weighted by Crippen LogP contribution is 2.29. The third kappa shape index (κ3) is 5.07. The van der Waals surface area contributed by atoms with Gasteiger partial charge in [-0.2, -0.15) is 0 Å². The van der Waals surface area contributed by atoms with E-state index in [0.29, 0.717) is 5.56 Å². The molecule has 0 saturated carbocycles. The monoisotopic (exact) mass is 391 g/mol. The van der Waals surface area contributed by atoms with Gasteiger partial charge in [0.15, 0.2) is 6.29 Å². The van der Waals surface area contributed by atoms with Gasteiger partial charge in [0.05, 0.1) is 31.8 Å². The van der Waals surface area contributed by atoms with Crippen LogP contribution in [-0.2, 0) is 35.0 Å². The minimum absolute atomic E-state index is 0.0608. The molecule has 0 amide bonds. The van der Waals surface area contributed by atoms with E-state index in [1.165, 1.54) is 0 Å². The number of ether oxygens (including phenoxy) is 4. The summed E-state index contributed by atoms with van der Waals surface area (Å²) in [5.41, 5.74) is -1.39. The smallest absolute Gasteiger partial charge is 0.350 e. The molecule has 1 aromatic rings. The number of carbonyl (C=O) groups excluding carboxylic acids is 2. The predicted octanol–water partition coefficient (Wildman–Crippen LogP) is 0.862. The molecule has 8 nitrogen and oxygen atoms in total. The highest BCUT2D eigenvalue weighted by atomic mass is 16.6. The Kier molecular flexibility index (Phi) is 7.93. The number of aromatic nitrogens is 1. The van der Waals surface area contributed by atoms with Crippen LogP contribution < -0.4 is 0 Å². The molecule has 2 heterocycles. The van der Waals surface area contributed by atoms with E-state index >= 15 is 0 Å². The van der Waals surface area contributed by atoms with E-state index in [2.05, 4.69) is 10.9 Å². The fourth-order valence-corrected chi connectivity index (χ4v) is 2.96. The summed E-state index contributed by atoms with van der Waals surface area (Å²) in [6, 6.07) is 3.33. The number of rotatable bonds is 9. The first-order chi connectivity index (χ1) is 13.5. The molecule has 0 aliphatic carbocycles. The molecule has 2 rings (SSSR count). The van der Waals surface area contributed by atoms with Crippen LogP contribution >= 0.6 is 0 Å². The Morgan fingerprint density at radius 3 is 2.43 bits per heavy atom. The largest absolute Gasteiger partial charge is 0.463 e. The highest BCUT2D eigenvalue weighted by Gasteiger charge is 2.51. The molecule has 0 radical (unpaired) electrons. The molecule has 0 aromatic carbocycles. The molecule has 8 heteroatoms. The predicted molar refractivity (Wildman–Crippen MR) is 97.7 cm³/mol. The summed E-state index contributed by atoms with van der Waals surface area (Å²) in [6.07, 6.45) is 7.02. The lowest BCUT2D eigenvalue weighted by Crippen LogP contribution is -2.54. The molecule has 152 valence electrons. The van der Waals surface area contributed by atoms with Crippen LogP contribution in [0.3, 0.4) is 0 Å².